The Bertz CT molecular complexity index is 704. The van der Waals surface area contributed by atoms with Crippen molar-refractivity contribution >= 4 is 11.7 Å². The molecule has 26 heavy (non-hydrogen) atoms. The first-order valence-corrected chi connectivity index (χ1v) is 9.00. The molecule has 1 aliphatic carbocycles. The Balaban J connectivity index is 1.33. The van der Waals surface area contributed by atoms with E-state index in [0.29, 0.717) is 19.5 Å². The van der Waals surface area contributed by atoms with Crippen LogP contribution in [0.15, 0.2) is 6.07 Å². The third-order valence-electron chi connectivity index (χ3n) is 5.70. The molecule has 3 heterocycles. The maximum absolute atomic E-state index is 12.6. The second kappa shape index (κ2) is 6.37. The van der Waals surface area contributed by atoms with E-state index >= 15 is 0 Å². The molecule has 9 heteroatoms. The molecule has 1 aromatic rings. The third kappa shape index (κ3) is 3.24. The number of alkyl halides is 3. The lowest BCUT2D eigenvalue weighted by Crippen LogP contribution is -2.62. The zero-order chi connectivity index (χ0) is 18.5. The van der Waals surface area contributed by atoms with Crippen LogP contribution in [-0.2, 0) is 17.6 Å². The highest BCUT2D eigenvalue weighted by Gasteiger charge is 2.44. The summed E-state index contributed by atoms with van der Waals surface area (Å²) in [5, 5.41) is 8.58. The van der Waals surface area contributed by atoms with Gasteiger partial charge in [0.25, 0.3) is 0 Å². The summed E-state index contributed by atoms with van der Waals surface area (Å²) in [5.41, 5.74) is 2.35. The van der Waals surface area contributed by atoms with Crippen molar-refractivity contribution in [2.75, 3.05) is 38.1 Å². The SMILES string of the molecule is CN(C1CN(c2cc3c(nn2)CCC3)C1)C1CCN(CC(F)(F)F)C1=O. The number of fused-ring (bicyclic) bond motifs is 1. The van der Waals surface area contributed by atoms with Crippen molar-refractivity contribution in [3.63, 3.8) is 0 Å². The molecule has 0 radical (unpaired) electrons. The first-order chi connectivity index (χ1) is 12.3. The van der Waals surface area contributed by atoms with E-state index in [0.717, 1.165) is 35.7 Å². The molecule has 1 amide bonds. The lowest BCUT2D eigenvalue weighted by Gasteiger charge is -2.46. The van der Waals surface area contributed by atoms with Gasteiger partial charge in [0.05, 0.1) is 11.7 Å². The van der Waals surface area contributed by atoms with Crippen LogP contribution in [0.25, 0.3) is 0 Å². The van der Waals surface area contributed by atoms with Gasteiger partial charge in [-0.2, -0.15) is 18.3 Å². The molecule has 0 aromatic carbocycles. The van der Waals surface area contributed by atoms with E-state index in [2.05, 4.69) is 21.2 Å². The van der Waals surface area contributed by atoms with Crippen molar-refractivity contribution in [1.82, 2.24) is 20.0 Å². The first-order valence-electron chi connectivity index (χ1n) is 9.00. The van der Waals surface area contributed by atoms with Gasteiger partial charge in [-0.1, -0.05) is 0 Å². The number of nitrogens with zero attached hydrogens (tertiary/aromatic N) is 5. The third-order valence-corrected chi connectivity index (χ3v) is 5.70. The summed E-state index contributed by atoms with van der Waals surface area (Å²) in [6.45, 7) is 0.442. The minimum Gasteiger partial charge on any atom is -0.352 e. The molecule has 2 saturated heterocycles. The zero-order valence-corrected chi connectivity index (χ0v) is 14.7. The summed E-state index contributed by atoms with van der Waals surface area (Å²) in [6, 6.07) is 1.78. The van der Waals surface area contributed by atoms with Crippen LogP contribution in [0.1, 0.15) is 24.1 Å². The van der Waals surface area contributed by atoms with E-state index in [1.165, 1.54) is 5.56 Å². The summed E-state index contributed by atoms with van der Waals surface area (Å²) < 4.78 is 37.7. The molecule has 0 bridgehead atoms. The number of hydrogen-bond donors (Lipinski definition) is 0. The summed E-state index contributed by atoms with van der Waals surface area (Å²) in [7, 11) is 1.83. The van der Waals surface area contributed by atoms with E-state index in [-0.39, 0.29) is 12.6 Å². The monoisotopic (exact) mass is 369 g/mol. The van der Waals surface area contributed by atoms with Crippen molar-refractivity contribution in [2.45, 2.75) is 43.9 Å². The van der Waals surface area contributed by atoms with Gasteiger partial charge in [-0.05, 0) is 44.4 Å². The fourth-order valence-corrected chi connectivity index (χ4v) is 4.10. The number of anilines is 1. The van der Waals surface area contributed by atoms with Crippen LogP contribution >= 0.6 is 0 Å². The molecule has 4 rings (SSSR count). The van der Waals surface area contributed by atoms with Crippen LogP contribution < -0.4 is 4.90 Å². The van der Waals surface area contributed by atoms with Crippen molar-refractivity contribution < 1.29 is 18.0 Å². The number of carbonyl (C=O) groups is 1. The summed E-state index contributed by atoms with van der Waals surface area (Å²) in [5.74, 6) is 0.437. The van der Waals surface area contributed by atoms with E-state index in [1.807, 2.05) is 11.9 Å². The zero-order valence-electron chi connectivity index (χ0n) is 14.7. The number of halogens is 3. The molecule has 1 aromatic heterocycles. The average molecular weight is 369 g/mol. The average Bonchev–Trinajstić information content (AvgIpc) is 3.11. The lowest BCUT2D eigenvalue weighted by atomic mass is 10.0. The summed E-state index contributed by atoms with van der Waals surface area (Å²) in [4.78, 5) is 17.3. The molecule has 2 fully saturated rings. The van der Waals surface area contributed by atoms with E-state index in [4.69, 9.17) is 0 Å². The fraction of sp³-hybridized carbons (Fsp3) is 0.706. The normalized spacial score (nSPS) is 23.7. The summed E-state index contributed by atoms with van der Waals surface area (Å²) in [6.07, 6.45) is -0.743. The highest BCUT2D eigenvalue weighted by atomic mass is 19.4. The van der Waals surface area contributed by atoms with Gasteiger partial charge in [0.15, 0.2) is 5.82 Å². The first kappa shape index (κ1) is 17.5. The number of aryl methyl sites for hydroxylation is 2. The van der Waals surface area contributed by atoms with Gasteiger partial charge in [0.2, 0.25) is 5.91 Å². The Kier molecular flexibility index (Phi) is 4.29. The van der Waals surface area contributed by atoms with E-state index in [1.54, 1.807) is 0 Å². The van der Waals surface area contributed by atoms with Gasteiger partial charge in [-0.3, -0.25) is 9.69 Å². The molecule has 6 nitrogen and oxygen atoms in total. The minimum absolute atomic E-state index is 0.143. The Hall–Kier alpha value is -1.90. The number of likely N-dealkylation sites (N-methyl/N-ethyl adjacent to an activating group) is 1. The molecule has 1 atom stereocenters. The minimum atomic E-state index is -4.34. The molecule has 0 saturated carbocycles. The smallest absolute Gasteiger partial charge is 0.352 e. The maximum atomic E-state index is 12.6. The van der Waals surface area contributed by atoms with Gasteiger partial charge < -0.3 is 9.80 Å². The number of hydrogen-bond acceptors (Lipinski definition) is 5. The van der Waals surface area contributed by atoms with Gasteiger partial charge in [0, 0.05) is 25.7 Å². The quantitative estimate of drug-likeness (QED) is 0.800. The predicted octanol–water partition coefficient (Wildman–Crippen LogP) is 1.25. The Morgan fingerprint density at radius 3 is 2.77 bits per heavy atom. The number of likely N-dealkylation sites (tertiary alicyclic amines) is 1. The lowest BCUT2D eigenvalue weighted by molar-refractivity contribution is -0.159. The number of amides is 1. The van der Waals surface area contributed by atoms with Crippen LogP contribution in [0.3, 0.4) is 0 Å². The van der Waals surface area contributed by atoms with Crippen LogP contribution in [0.2, 0.25) is 0 Å². The highest BCUT2D eigenvalue weighted by molar-refractivity contribution is 5.84. The molecule has 0 spiro atoms. The standard InChI is InChI=1S/C17H22F3N5O/c1-23(14-5-6-24(16(14)26)10-17(18,19)20)12-8-25(9-12)15-7-11-3-2-4-13(11)21-22-15/h7,12,14H,2-6,8-10H2,1H3. The molecule has 0 N–H and O–H groups in total. The van der Waals surface area contributed by atoms with Crippen LogP contribution in [0.4, 0.5) is 19.0 Å². The number of carbonyl (C=O) groups excluding carboxylic acids is 1. The van der Waals surface area contributed by atoms with Crippen molar-refractivity contribution in [2.24, 2.45) is 0 Å². The maximum Gasteiger partial charge on any atom is 0.406 e. The van der Waals surface area contributed by atoms with Crippen LogP contribution in [-0.4, -0.2) is 77.4 Å². The van der Waals surface area contributed by atoms with Gasteiger partial charge >= 0.3 is 6.18 Å². The Morgan fingerprint density at radius 1 is 1.27 bits per heavy atom. The molecule has 1 unspecified atom stereocenters. The number of rotatable bonds is 4. The second-order valence-electron chi connectivity index (χ2n) is 7.43. The second-order valence-corrected chi connectivity index (χ2v) is 7.43. The Labute approximate surface area is 150 Å². The number of aromatic nitrogens is 2. The van der Waals surface area contributed by atoms with Crippen molar-refractivity contribution in [3.05, 3.63) is 17.3 Å². The van der Waals surface area contributed by atoms with E-state index < -0.39 is 24.7 Å². The molecule has 3 aliphatic rings. The van der Waals surface area contributed by atoms with Gasteiger partial charge in [0.1, 0.15) is 6.54 Å². The molecule has 2 aliphatic heterocycles. The van der Waals surface area contributed by atoms with Gasteiger partial charge in [-0.25, -0.2) is 0 Å². The molecular formula is C17H22F3N5O. The predicted molar refractivity (Wildman–Crippen MR) is 88.9 cm³/mol. The molecule has 142 valence electrons. The highest BCUT2D eigenvalue weighted by Crippen LogP contribution is 2.29. The van der Waals surface area contributed by atoms with Crippen molar-refractivity contribution in [1.29, 1.82) is 0 Å². The Morgan fingerprint density at radius 2 is 2.04 bits per heavy atom. The fourth-order valence-electron chi connectivity index (χ4n) is 4.10. The van der Waals surface area contributed by atoms with Crippen LogP contribution in [0, 0.1) is 0 Å². The van der Waals surface area contributed by atoms with E-state index in [9.17, 15) is 18.0 Å². The molecular weight excluding hydrogens is 347 g/mol. The summed E-state index contributed by atoms with van der Waals surface area (Å²) >= 11 is 0. The largest absolute Gasteiger partial charge is 0.406 e. The van der Waals surface area contributed by atoms with Crippen molar-refractivity contribution in [3.8, 4) is 0 Å². The van der Waals surface area contributed by atoms with Crippen LogP contribution in [0.5, 0.6) is 0 Å². The topological polar surface area (TPSA) is 52.6 Å². The van der Waals surface area contributed by atoms with Gasteiger partial charge in [-0.15, -0.1) is 5.10 Å².